The number of halogens is 3. The van der Waals surface area contributed by atoms with Crippen molar-refractivity contribution in [2.75, 3.05) is 26.2 Å². The molecule has 0 bridgehead atoms. The fraction of sp³-hybridized carbons (Fsp3) is 0.417. The van der Waals surface area contributed by atoms with E-state index in [1.54, 1.807) is 4.90 Å². The maximum Gasteiger partial charge on any atom is 0.254 e. The van der Waals surface area contributed by atoms with E-state index in [9.17, 15) is 9.18 Å². The van der Waals surface area contributed by atoms with E-state index in [0.29, 0.717) is 26.2 Å². The Morgan fingerprint density at radius 1 is 1.58 bits per heavy atom. The number of hydrogen-bond acceptors (Lipinski definition) is 3. The molecule has 2 rings (SSSR count). The first-order chi connectivity index (χ1) is 8.61. The Hall–Kier alpha value is -0.880. The summed E-state index contributed by atoms with van der Waals surface area (Å²) < 4.78 is 18.7. The molecule has 7 heteroatoms. The van der Waals surface area contributed by atoms with Crippen LogP contribution in [0.5, 0.6) is 0 Å². The van der Waals surface area contributed by atoms with Crippen molar-refractivity contribution in [1.82, 2.24) is 4.90 Å². The van der Waals surface area contributed by atoms with Gasteiger partial charge in [-0.25, -0.2) is 4.39 Å². The summed E-state index contributed by atoms with van der Waals surface area (Å²) in [4.78, 5) is 13.8. The van der Waals surface area contributed by atoms with Gasteiger partial charge in [0.1, 0.15) is 5.82 Å². The number of rotatable bonds is 2. The van der Waals surface area contributed by atoms with Crippen LogP contribution in [0.25, 0.3) is 0 Å². The number of morpholine rings is 1. The lowest BCUT2D eigenvalue weighted by Gasteiger charge is -2.32. The van der Waals surface area contributed by atoms with E-state index in [1.807, 2.05) is 0 Å². The molecule has 1 fully saturated rings. The molecular weight excluding hydrogens is 294 g/mol. The number of ether oxygens (including phenoxy) is 1. The molecule has 2 N–H and O–H groups in total. The van der Waals surface area contributed by atoms with Crippen LogP contribution in [-0.4, -0.2) is 43.2 Å². The highest BCUT2D eigenvalue weighted by Crippen LogP contribution is 2.17. The first-order valence-corrected chi connectivity index (χ1v) is 6.05. The van der Waals surface area contributed by atoms with Crippen molar-refractivity contribution in [3.63, 3.8) is 0 Å². The molecule has 1 aliphatic heterocycles. The molecule has 0 aromatic heterocycles. The van der Waals surface area contributed by atoms with E-state index in [1.165, 1.54) is 12.1 Å². The average Bonchev–Trinajstić information content (AvgIpc) is 2.41. The molecule has 1 saturated heterocycles. The van der Waals surface area contributed by atoms with E-state index in [2.05, 4.69) is 0 Å². The Morgan fingerprint density at radius 2 is 2.32 bits per heavy atom. The van der Waals surface area contributed by atoms with Gasteiger partial charge in [-0.15, -0.1) is 12.4 Å². The lowest BCUT2D eigenvalue weighted by atomic mass is 10.1. The second kappa shape index (κ2) is 7.05. The van der Waals surface area contributed by atoms with E-state index in [4.69, 9.17) is 22.1 Å². The van der Waals surface area contributed by atoms with Crippen molar-refractivity contribution in [3.8, 4) is 0 Å². The maximum atomic E-state index is 13.3. The standard InChI is InChI=1S/C12H14ClFN2O2.ClH/c13-10-2-1-8(5-11(10)14)12(17)16-3-4-18-9(6-15)7-16;/h1-2,5,9H,3-4,6-7,15H2;1H. The minimum atomic E-state index is -0.592. The van der Waals surface area contributed by atoms with Gasteiger partial charge in [-0.1, -0.05) is 11.6 Å². The zero-order chi connectivity index (χ0) is 13.1. The van der Waals surface area contributed by atoms with Gasteiger partial charge in [0.15, 0.2) is 0 Å². The van der Waals surface area contributed by atoms with Crippen molar-refractivity contribution in [1.29, 1.82) is 0 Å². The van der Waals surface area contributed by atoms with Crippen LogP contribution in [0.15, 0.2) is 18.2 Å². The molecule has 0 radical (unpaired) electrons. The molecule has 1 heterocycles. The largest absolute Gasteiger partial charge is 0.373 e. The smallest absolute Gasteiger partial charge is 0.254 e. The van der Waals surface area contributed by atoms with Crippen LogP contribution in [0.3, 0.4) is 0 Å². The normalized spacial score (nSPS) is 18.9. The van der Waals surface area contributed by atoms with Crippen LogP contribution in [0.4, 0.5) is 4.39 Å². The number of nitrogens with two attached hydrogens (primary N) is 1. The summed E-state index contributed by atoms with van der Waals surface area (Å²) in [6.45, 7) is 1.72. The Morgan fingerprint density at radius 3 is 2.95 bits per heavy atom. The van der Waals surface area contributed by atoms with E-state index in [-0.39, 0.29) is 35.0 Å². The number of carbonyl (C=O) groups excluding carboxylic acids is 1. The van der Waals surface area contributed by atoms with Gasteiger partial charge in [0.05, 0.1) is 17.7 Å². The Kier molecular flexibility index (Phi) is 6.00. The summed E-state index contributed by atoms with van der Waals surface area (Å²) in [7, 11) is 0. The van der Waals surface area contributed by atoms with Gasteiger partial charge in [0.2, 0.25) is 0 Å². The van der Waals surface area contributed by atoms with Crippen LogP contribution in [0, 0.1) is 5.82 Å². The molecular formula is C12H15Cl2FN2O2. The van der Waals surface area contributed by atoms with Crippen molar-refractivity contribution >= 4 is 29.9 Å². The van der Waals surface area contributed by atoms with Gasteiger partial charge in [-0.3, -0.25) is 4.79 Å². The number of benzene rings is 1. The number of carbonyl (C=O) groups is 1. The Labute approximate surface area is 122 Å². The zero-order valence-corrected chi connectivity index (χ0v) is 11.7. The molecule has 0 spiro atoms. The summed E-state index contributed by atoms with van der Waals surface area (Å²) in [5.74, 6) is -0.821. The second-order valence-electron chi connectivity index (χ2n) is 4.11. The summed E-state index contributed by atoms with van der Waals surface area (Å²) >= 11 is 5.58. The molecule has 0 saturated carbocycles. The second-order valence-corrected chi connectivity index (χ2v) is 4.52. The first kappa shape index (κ1) is 16.2. The van der Waals surface area contributed by atoms with Crippen LogP contribution in [0.2, 0.25) is 5.02 Å². The van der Waals surface area contributed by atoms with Gasteiger partial charge in [0, 0.05) is 25.2 Å². The van der Waals surface area contributed by atoms with E-state index in [0.717, 1.165) is 6.07 Å². The summed E-state index contributed by atoms with van der Waals surface area (Å²) in [6, 6.07) is 4.04. The molecule has 106 valence electrons. The van der Waals surface area contributed by atoms with Gasteiger partial charge in [-0.05, 0) is 18.2 Å². The predicted octanol–water partition coefficient (Wildman–Crippen LogP) is 1.70. The predicted molar refractivity (Wildman–Crippen MR) is 73.4 cm³/mol. The minimum absolute atomic E-state index is 0. The number of nitrogens with zero attached hydrogens (tertiary/aromatic N) is 1. The first-order valence-electron chi connectivity index (χ1n) is 5.68. The fourth-order valence-electron chi connectivity index (χ4n) is 1.86. The molecule has 4 nitrogen and oxygen atoms in total. The minimum Gasteiger partial charge on any atom is -0.373 e. The van der Waals surface area contributed by atoms with E-state index < -0.39 is 5.82 Å². The molecule has 1 aromatic rings. The molecule has 19 heavy (non-hydrogen) atoms. The maximum absolute atomic E-state index is 13.3. The summed E-state index contributed by atoms with van der Waals surface area (Å²) in [5.41, 5.74) is 5.79. The molecule has 1 aliphatic rings. The monoisotopic (exact) mass is 308 g/mol. The highest BCUT2D eigenvalue weighted by atomic mass is 35.5. The van der Waals surface area contributed by atoms with Gasteiger partial charge in [-0.2, -0.15) is 0 Å². The van der Waals surface area contributed by atoms with Crippen molar-refractivity contribution in [2.24, 2.45) is 5.73 Å². The highest BCUT2D eigenvalue weighted by Gasteiger charge is 2.24. The molecule has 1 amide bonds. The number of hydrogen-bond donors (Lipinski definition) is 1. The van der Waals surface area contributed by atoms with Gasteiger partial charge >= 0.3 is 0 Å². The van der Waals surface area contributed by atoms with E-state index >= 15 is 0 Å². The van der Waals surface area contributed by atoms with Gasteiger partial charge < -0.3 is 15.4 Å². The third-order valence-corrected chi connectivity index (χ3v) is 3.16. The quantitative estimate of drug-likeness (QED) is 0.905. The molecule has 0 aliphatic carbocycles. The topological polar surface area (TPSA) is 55.6 Å². The third-order valence-electron chi connectivity index (χ3n) is 2.86. The van der Waals surface area contributed by atoms with Gasteiger partial charge in [0.25, 0.3) is 5.91 Å². The number of amides is 1. The summed E-state index contributed by atoms with van der Waals surface area (Å²) in [5, 5.41) is 0.00774. The van der Waals surface area contributed by atoms with Crippen LogP contribution in [-0.2, 0) is 4.74 Å². The van der Waals surface area contributed by atoms with Crippen LogP contribution >= 0.6 is 24.0 Å². The Bertz CT molecular complexity index is 459. The zero-order valence-electron chi connectivity index (χ0n) is 10.1. The highest BCUT2D eigenvalue weighted by molar-refractivity contribution is 6.30. The van der Waals surface area contributed by atoms with Crippen LogP contribution in [0.1, 0.15) is 10.4 Å². The molecule has 1 aromatic carbocycles. The SMILES string of the molecule is Cl.NCC1CN(C(=O)c2ccc(Cl)c(F)c2)CCO1. The average molecular weight is 309 g/mol. The lowest BCUT2D eigenvalue weighted by molar-refractivity contribution is -0.0167. The van der Waals surface area contributed by atoms with Crippen molar-refractivity contribution < 1.29 is 13.9 Å². The molecule has 1 atom stereocenters. The van der Waals surface area contributed by atoms with Crippen molar-refractivity contribution in [2.45, 2.75) is 6.10 Å². The Balaban J connectivity index is 0.00000180. The fourth-order valence-corrected chi connectivity index (χ4v) is 1.98. The van der Waals surface area contributed by atoms with Crippen molar-refractivity contribution in [3.05, 3.63) is 34.6 Å². The molecule has 1 unspecified atom stereocenters. The third kappa shape index (κ3) is 3.79. The van der Waals surface area contributed by atoms with Crippen LogP contribution < -0.4 is 5.73 Å². The lowest BCUT2D eigenvalue weighted by Crippen LogP contribution is -2.48. The summed E-state index contributed by atoms with van der Waals surface area (Å²) in [6.07, 6.45) is -0.153.